The van der Waals surface area contributed by atoms with Gasteiger partial charge in [-0.1, -0.05) is 12.5 Å². The Morgan fingerprint density at radius 2 is 2.00 bits per heavy atom. The number of ether oxygens (including phenoxy) is 2. The summed E-state index contributed by atoms with van der Waals surface area (Å²) in [5.41, 5.74) is 1.11. The van der Waals surface area contributed by atoms with Gasteiger partial charge in [0.15, 0.2) is 0 Å². The van der Waals surface area contributed by atoms with Gasteiger partial charge in [0.05, 0.1) is 7.11 Å². The van der Waals surface area contributed by atoms with Crippen LogP contribution in [0.25, 0.3) is 6.08 Å². The third-order valence-corrected chi connectivity index (χ3v) is 3.80. The lowest BCUT2D eigenvalue weighted by molar-refractivity contribution is 0.0750. The minimum atomic E-state index is -0.0440. The first-order valence-corrected chi connectivity index (χ1v) is 6.38. The van der Waals surface area contributed by atoms with Crippen LogP contribution in [-0.4, -0.2) is 12.7 Å². The predicted molar refractivity (Wildman–Crippen MR) is 68.5 cm³/mol. The zero-order valence-electron chi connectivity index (χ0n) is 10.2. The molecule has 2 heteroatoms. The van der Waals surface area contributed by atoms with Gasteiger partial charge < -0.3 is 9.47 Å². The molecule has 0 bridgehead atoms. The second kappa shape index (κ2) is 4.10. The topological polar surface area (TPSA) is 18.5 Å². The molecule has 0 aromatic heterocycles. The highest BCUT2D eigenvalue weighted by molar-refractivity contribution is 5.62. The van der Waals surface area contributed by atoms with Gasteiger partial charge in [-0.05, 0) is 43.9 Å². The number of benzene rings is 1. The molecule has 90 valence electrons. The summed E-state index contributed by atoms with van der Waals surface area (Å²) in [5, 5.41) is 0. The quantitative estimate of drug-likeness (QED) is 0.730. The molecule has 0 amide bonds. The molecule has 0 radical (unpaired) electrons. The van der Waals surface area contributed by atoms with Crippen LogP contribution in [0, 0.1) is 0 Å². The normalized spacial score (nSPS) is 20.8. The summed E-state index contributed by atoms with van der Waals surface area (Å²) < 4.78 is 11.5. The summed E-state index contributed by atoms with van der Waals surface area (Å²) in [6, 6.07) is 6.03. The molecule has 1 spiro atoms. The number of hydrogen-bond donors (Lipinski definition) is 0. The molecular formula is C15H18O2. The smallest absolute Gasteiger partial charge is 0.131 e. The van der Waals surface area contributed by atoms with E-state index in [4.69, 9.17) is 9.47 Å². The highest BCUT2D eigenvalue weighted by Gasteiger charge is 2.34. The van der Waals surface area contributed by atoms with Gasteiger partial charge in [0.25, 0.3) is 0 Å². The number of rotatable bonds is 1. The van der Waals surface area contributed by atoms with Crippen LogP contribution in [0.5, 0.6) is 11.5 Å². The molecule has 2 nitrogen and oxygen atoms in total. The fourth-order valence-electron chi connectivity index (χ4n) is 2.78. The number of fused-ring (bicyclic) bond motifs is 1. The lowest BCUT2D eigenvalue weighted by atomic mass is 9.83. The van der Waals surface area contributed by atoms with Crippen LogP contribution in [0.4, 0.5) is 0 Å². The minimum Gasteiger partial charge on any atom is -0.497 e. The van der Waals surface area contributed by atoms with E-state index in [0.29, 0.717) is 0 Å². The van der Waals surface area contributed by atoms with E-state index < -0.39 is 0 Å². The molecule has 0 atom stereocenters. The first kappa shape index (κ1) is 10.7. The highest BCUT2D eigenvalue weighted by Crippen LogP contribution is 2.40. The first-order chi connectivity index (χ1) is 8.31. The molecule has 0 saturated heterocycles. The average molecular weight is 230 g/mol. The number of methoxy groups -OCH3 is 1. The van der Waals surface area contributed by atoms with Gasteiger partial charge in [-0.2, -0.15) is 0 Å². The van der Waals surface area contributed by atoms with Crippen molar-refractivity contribution in [1.82, 2.24) is 0 Å². The van der Waals surface area contributed by atoms with Crippen molar-refractivity contribution in [2.45, 2.75) is 37.7 Å². The summed E-state index contributed by atoms with van der Waals surface area (Å²) in [7, 11) is 1.69. The van der Waals surface area contributed by atoms with Crippen LogP contribution >= 0.6 is 0 Å². The van der Waals surface area contributed by atoms with E-state index in [1.807, 2.05) is 12.1 Å². The van der Waals surface area contributed by atoms with E-state index in [1.165, 1.54) is 19.3 Å². The standard InChI is InChI=1S/C15H18O2/c1-16-13-6-5-12-7-10-15(17-14(12)11-13)8-3-2-4-9-15/h5-7,10-11H,2-4,8-9H2,1H3. The SMILES string of the molecule is COc1ccc2c(c1)OC1(C=C2)CCCCC1. The van der Waals surface area contributed by atoms with E-state index in [0.717, 1.165) is 29.9 Å². The molecule has 1 fully saturated rings. The van der Waals surface area contributed by atoms with Gasteiger partial charge >= 0.3 is 0 Å². The Kier molecular flexibility index (Phi) is 2.58. The summed E-state index contributed by atoms with van der Waals surface area (Å²) in [6.07, 6.45) is 10.6. The third-order valence-electron chi connectivity index (χ3n) is 3.80. The van der Waals surface area contributed by atoms with E-state index >= 15 is 0 Å². The fraction of sp³-hybridized carbons (Fsp3) is 0.467. The van der Waals surface area contributed by atoms with Crippen molar-refractivity contribution in [3.63, 3.8) is 0 Å². The van der Waals surface area contributed by atoms with Gasteiger partial charge in [-0.15, -0.1) is 0 Å². The maximum absolute atomic E-state index is 6.24. The van der Waals surface area contributed by atoms with E-state index in [2.05, 4.69) is 18.2 Å². The van der Waals surface area contributed by atoms with Crippen molar-refractivity contribution in [3.8, 4) is 11.5 Å². The van der Waals surface area contributed by atoms with Crippen LogP contribution in [0.15, 0.2) is 24.3 Å². The van der Waals surface area contributed by atoms with E-state index in [1.54, 1.807) is 7.11 Å². The molecule has 1 heterocycles. The fourth-order valence-corrected chi connectivity index (χ4v) is 2.78. The third kappa shape index (κ3) is 1.92. The Balaban J connectivity index is 1.92. The van der Waals surface area contributed by atoms with Crippen molar-refractivity contribution in [1.29, 1.82) is 0 Å². The van der Waals surface area contributed by atoms with E-state index in [9.17, 15) is 0 Å². The lowest BCUT2D eigenvalue weighted by Crippen LogP contribution is -2.37. The number of hydrogen-bond acceptors (Lipinski definition) is 2. The van der Waals surface area contributed by atoms with Crippen LogP contribution < -0.4 is 9.47 Å². The minimum absolute atomic E-state index is 0.0440. The van der Waals surface area contributed by atoms with Crippen molar-refractivity contribution in [2.24, 2.45) is 0 Å². The van der Waals surface area contributed by atoms with Crippen molar-refractivity contribution >= 4 is 6.08 Å². The molecule has 2 aliphatic rings. The van der Waals surface area contributed by atoms with Crippen molar-refractivity contribution < 1.29 is 9.47 Å². The van der Waals surface area contributed by atoms with Crippen molar-refractivity contribution in [3.05, 3.63) is 29.8 Å². The predicted octanol–water partition coefficient (Wildman–Crippen LogP) is 3.80. The lowest BCUT2D eigenvalue weighted by Gasteiger charge is -2.38. The average Bonchev–Trinajstić information content (AvgIpc) is 2.39. The van der Waals surface area contributed by atoms with Crippen LogP contribution in [0.2, 0.25) is 0 Å². The zero-order valence-corrected chi connectivity index (χ0v) is 10.2. The zero-order chi connectivity index (χ0) is 11.7. The summed E-state index contributed by atoms with van der Waals surface area (Å²) in [5.74, 6) is 1.83. The molecule has 1 aliphatic heterocycles. The Bertz CT molecular complexity index is 442. The maximum Gasteiger partial charge on any atom is 0.131 e. The van der Waals surface area contributed by atoms with Gasteiger partial charge in [0.2, 0.25) is 0 Å². The van der Waals surface area contributed by atoms with Crippen LogP contribution in [0.3, 0.4) is 0 Å². The molecule has 1 aromatic rings. The summed E-state index contributed by atoms with van der Waals surface area (Å²) in [6.45, 7) is 0. The van der Waals surface area contributed by atoms with E-state index in [-0.39, 0.29) is 5.60 Å². The van der Waals surface area contributed by atoms with Gasteiger partial charge in [-0.25, -0.2) is 0 Å². The summed E-state index contributed by atoms with van der Waals surface area (Å²) in [4.78, 5) is 0. The Morgan fingerprint density at radius 1 is 1.18 bits per heavy atom. The molecule has 1 aromatic carbocycles. The Labute approximate surface area is 102 Å². The molecule has 1 aliphatic carbocycles. The maximum atomic E-state index is 6.24. The molecule has 1 saturated carbocycles. The largest absolute Gasteiger partial charge is 0.497 e. The molecule has 3 rings (SSSR count). The molecule has 0 N–H and O–H groups in total. The monoisotopic (exact) mass is 230 g/mol. The molecule has 0 unspecified atom stereocenters. The van der Waals surface area contributed by atoms with Gasteiger partial charge in [0.1, 0.15) is 17.1 Å². The molecule has 17 heavy (non-hydrogen) atoms. The first-order valence-electron chi connectivity index (χ1n) is 6.38. The van der Waals surface area contributed by atoms with Crippen molar-refractivity contribution in [2.75, 3.05) is 7.11 Å². The Morgan fingerprint density at radius 3 is 2.76 bits per heavy atom. The van der Waals surface area contributed by atoms with Crippen LogP contribution in [-0.2, 0) is 0 Å². The second-order valence-electron chi connectivity index (χ2n) is 4.96. The van der Waals surface area contributed by atoms with Crippen LogP contribution in [0.1, 0.15) is 37.7 Å². The summed E-state index contributed by atoms with van der Waals surface area (Å²) >= 11 is 0. The molecular weight excluding hydrogens is 212 g/mol. The Hall–Kier alpha value is -1.44. The highest BCUT2D eigenvalue weighted by atomic mass is 16.5. The van der Waals surface area contributed by atoms with Gasteiger partial charge in [-0.3, -0.25) is 0 Å². The second-order valence-corrected chi connectivity index (χ2v) is 4.96. The van der Waals surface area contributed by atoms with Gasteiger partial charge in [0, 0.05) is 11.6 Å².